The summed E-state index contributed by atoms with van der Waals surface area (Å²) in [4.78, 5) is 44.1. The Hall–Kier alpha value is -2.61. The summed E-state index contributed by atoms with van der Waals surface area (Å²) in [5.41, 5.74) is 1.34. The minimum absolute atomic E-state index is 0.266. The van der Waals surface area contributed by atoms with Crippen LogP contribution in [0.2, 0.25) is 0 Å². The fraction of sp³-hybridized carbons (Fsp3) is 0.625. The first-order chi connectivity index (χ1) is 15.0. The number of carbonyl (C=O) groups is 3. The van der Waals surface area contributed by atoms with Gasteiger partial charge in [0.15, 0.2) is 0 Å². The van der Waals surface area contributed by atoms with E-state index in [9.17, 15) is 19.5 Å². The van der Waals surface area contributed by atoms with E-state index in [4.69, 9.17) is 9.57 Å². The molecule has 178 valence electrons. The smallest absolute Gasteiger partial charge is 0.441 e. The molecular formula is C24H36N2O6. The molecule has 1 amide bonds. The van der Waals surface area contributed by atoms with Crippen molar-refractivity contribution in [3.63, 3.8) is 0 Å². The van der Waals surface area contributed by atoms with Crippen molar-refractivity contribution in [3.05, 3.63) is 35.9 Å². The van der Waals surface area contributed by atoms with Crippen LogP contribution in [0, 0.1) is 11.8 Å². The zero-order valence-electron chi connectivity index (χ0n) is 19.7. The Morgan fingerprint density at radius 2 is 1.84 bits per heavy atom. The quantitative estimate of drug-likeness (QED) is 0.583. The highest BCUT2D eigenvalue weighted by Crippen LogP contribution is 2.44. The van der Waals surface area contributed by atoms with E-state index < -0.39 is 41.0 Å². The van der Waals surface area contributed by atoms with E-state index in [0.29, 0.717) is 19.4 Å². The highest BCUT2D eigenvalue weighted by atomic mass is 16.7. The Balaban J connectivity index is 2.11. The van der Waals surface area contributed by atoms with Gasteiger partial charge in [-0.3, -0.25) is 9.69 Å². The number of carboxylic acids is 1. The molecule has 2 N–H and O–H groups in total. The van der Waals surface area contributed by atoms with Crippen LogP contribution in [-0.4, -0.2) is 52.3 Å². The first-order valence-corrected chi connectivity index (χ1v) is 11.3. The number of likely N-dealkylation sites (tertiary alicyclic amines) is 1. The van der Waals surface area contributed by atoms with Crippen molar-refractivity contribution < 1.29 is 29.1 Å². The first-order valence-electron chi connectivity index (χ1n) is 11.3. The van der Waals surface area contributed by atoms with Crippen molar-refractivity contribution in [2.24, 2.45) is 11.8 Å². The van der Waals surface area contributed by atoms with Crippen LogP contribution in [0.5, 0.6) is 0 Å². The molecule has 1 aromatic rings. The molecule has 0 spiro atoms. The zero-order valence-corrected chi connectivity index (χ0v) is 19.7. The summed E-state index contributed by atoms with van der Waals surface area (Å²) < 4.78 is 5.09. The summed E-state index contributed by atoms with van der Waals surface area (Å²) in [6.07, 6.45) is 1.60. The van der Waals surface area contributed by atoms with Crippen LogP contribution >= 0.6 is 0 Å². The number of aliphatic carboxylic acids is 1. The Kier molecular flexibility index (Phi) is 8.66. The summed E-state index contributed by atoms with van der Waals surface area (Å²) in [6.45, 7) is 9.65. The number of hydroxylamine groups is 1. The van der Waals surface area contributed by atoms with E-state index in [1.807, 2.05) is 54.6 Å². The molecule has 0 radical (unpaired) electrons. The van der Waals surface area contributed by atoms with Gasteiger partial charge >= 0.3 is 18.0 Å². The van der Waals surface area contributed by atoms with Crippen LogP contribution < -0.4 is 5.48 Å². The summed E-state index contributed by atoms with van der Waals surface area (Å²) in [7, 11) is 0. The minimum atomic E-state index is -1.15. The molecule has 0 aromatic heterocycles. The molecule has 0 aliphatic carbocycles. The fourth-order valence-corrected chi connectivity index (χ4v) is 4.76. The molecule has 32 heavy (non-hydrogen) atoms. The second-order valence-corrected chi connectivity index (χ2v) is 9.26. The molecule has 1 saturated heterocycles. The van der Waals surface area contributed by atoms with Crippen molar-refractivity contribution in [2.45, 2.75) is 71.4 Å². The zero-order chi connectivity index (χ0) is 23.9. The number of hydrogen-bond acceptors (Lipinski definition) is 6. The minimum Gasteiger partial charge on any atom is -0.480 e. The van der Waals surface area contributed by atoms with E-state index in [0.717, 1.165) is 12.8 Å². The van der Waals surface area contributed by atoms with Crippen molar-refractivity contribution >= 4 is 18.0 Å². The Morgan fingerprint density at radius 3 is 2.38 bits per heavy atom. The molecule has 1 unspecified atom stereocenters. The second-order valence-electron chi connectivity index (χ2n) is 9.26. The molecule has 1 heterocycles. The Morgan fingerprint density at radius 1 is 1.19 bits per heavy atom. The summed E-state index contributed by atoms with van der Waals surface area (Å²) in [6, 6.07) is 10.0. The van der Waals surface area contributed by atoms with Gasteiger partial charge in [-0.15, -0.1) is 5.48 Å². The molecule has 1 fully saturated rings. The Labute approximate surface area is 190 Å². The van der Waals surface area contributed by atoms with E-state index in [1.54, 1.807) is 20.8 Å². The SMILES string of the molecule is CCC1[C@@H](C(=O)ONC(=O)OC(C)(C)C)CN(CCCc2ccccc2)[C@@]1(CC)C(=O)O. The first kappa shape index (κ1) is 25.6. The number of carbonyl (C=O) groups excluding carboxylic acids is 2. The van der Waals surface area contributed by atoms with E-state index in [1.165, 1.54) is 5.56 Å². The summed E-state index contributed by atoms with van der Waals surface area (Å²) in [5.74, 6) is -2.67. The lowest BCUT2D eigenvalue weighted by Crippen LogP contribution is -2.54. The summed E-state index contributed by atoms with van der Waals surface area (Å²) >= 11 is 0. The lowest BCUT2D eigenvalue weighted by molar-refractivity contribution is -0.158. The van der Waals surface area contributed by atoms with Gasteiger partial charge in [0.05, 0.1) is 5.92 Å². The van der Waals surface area contributed by atoms with Gasteiger partial charge in [-0.25, -0.2) is 9.59 Å². The largest absolute Gasteiger partial charge is 0.480 e. The van der Waals surface area contributed by atoms with E-state index in [2.05, 4.69) is 0 Å². The van der Waals surface area contributed by atoms with Gasteiger partial charge in [0.2, 0.25) is 0 Å². The molecule has 8 nitrogen and oxygen atoms in total. The maximum absolute atomic E-state index is 12.8. The maximum Gasteiger partial charge on any atom is 0.441 e. The predicted molar refractivity (Wildman–Crippen MR) is 120 cm³/mol. The third kappa shape index (κ3) is 6.00. The third-order valence-corrected chi connectivity index (χ3v) is 6.10. The van der Waals surface area contributed by atoms with Gasteiger partial charge in [0.25, 0.3) is 0 Å². The maximum atomic E-state index is 12.8. The number of ether oxygens (including phenoxy) is 1. The third-order valence-electron chi connectivity index (χ3n) is 6.10. The predicted octanol–water partition coefficient (Wildman–Crippen LogP) is 3.79. The van der Waals surface area contributed by atoms with Gasteiger partial charge in [0, 0.05) is 12.5 Å². The molecule has 0 saturated carbocycles. The molecule has 1 aromatic carbocycles. The van der Waals surface area contributed by atoms with Gasteiger partial charge in [0.1, 0.15) is 11.1 Å². The highest BCUT2D eigenvalue weighted by Gasteiger charge is 2.59. The lowest BCUT2D eigenvalue weighted by Gasteiger charge is -2.38. The number of amides is 1. The van der Waals surface area contributed by atoms with E-state index in [-0.39, 0.29) is 6.54 Å². The molecular weight excluding hydrogens is 412 g/mol. The number of benzene rings is 1. The molecule has 8 heteroatoms. The molecule has 1 aliphatic heterocycles. The lowest BCUT2D eigenvalue weighted by atomic mass is 9.76. The standard InChI is InChI=1S/C24H36N2O6/c1-6-19-18(20(27)32-25-22(30)31-23(3,4)5)16-26(24(19,7-2)21(28)29)15-11-14-17-12-9-8-10-13-17/h8-10,12-13,18-19H,6-7,11,14-16H2,1-5H3,(H,25,30)(H,28,29)/t18-,19?,24+/m0/s1. The van der Waals surface area contributed by atoms with Crippen LogP contribution in [0.25, 0.3) is 0 Å². The second kappa shape index (κ2) is 10.8. The Bertz CT molecular complexity index is 791. The molecule has 1 aliphatic rings. The van der Waals surface area contributed by atoms with Gasteiger partial charge < -0.3 is 14.7 Å². The van der Waals surface area contributed by atoms with E-state index >= 15 is 0 Å². The van der Waals surface area contributed by atoms with Crippen LogP contribution in [0.15, 0.2) is 30.3 Å². The topological polar surface area (TPSA) is 105 Å². The average molecular weight is 449 g/mol. The average Bonchev–Trinajstić information content (AvgIpc) is 3.06. The van der Waals surface area contributed by atoms with Gasteiger partial charge in [-0.05, 0) is 52.1 Å². The van der Waals surface area contributed by atoms with Crippen molar-refractivity contribution in [1.29, 1.82) is 0 Å². The number of rotatable bonds is 8. The van der Waals surface area contributed by atoms with Crippen molar-refractivity contribution in [2.75, 3.05) is 13.1 Å². The van der Waals surface area contributed by atoms with Gasteiger partial charge in [-0.1, -0.05) is 50.6 Å². The normalized spacial score (nSPS) is 23.5. The summed E-state index contributed by atoms with van der Waals surface area (Å²) in [5, 5.41) is 10.2. The number of nitrogens with one attached hydrogen (secondary N) is 1. The van der Waals surface area contributed by atoms with Gasteiger partial charge in [-0.2, -0.15) is 0 Å². The monoisotopic (exact) mass is 448 g/mol. The number of hydrogen-bond donors (Lipinski definition) is 2. The molecule has 3 atom stereocenters. The highest BCUT2D eigenvalue weighted by molar-refractivity contribution is 5.83. The van der Waals surface area contributed by atoms with Crippen LogP contribution in [-0.2, 0) is 25.6 Å². The van der Waals surface area contributed by atoms with Crippen molar-refractivity contribution in [3.8, 4) is 0 Å². The number of nitrogens with zero attached hydrogens (tertiary/aromatic N) is 1. The van der Waals surface area contributed by atoms with Crippen LogP contribution in [0.3, 0.4) is 0 Å². The number of aryl methyl sites for hydroxylation is 1. The fourth-order valence-electron chi connectivity index (χ4n) is 4.76. The number of carboxylic acid groups (broad SMARTS) is 1. The molecule has 2 rings (SSSR count). The van der Waals surface area contributed by atoms with Crippen LogP contribution in [0.4, 0.5) is 4.79 Å². The molecule has 0 bridgehead atoms. The van der Waals surface area contributed by atoms with Crippen molar-refractivity contribution in [1.82, 2.24) is 10.4 Å². The van der Waals surface area contributed by atoms with Crippen LogP contribution in [0.1, 0.15) is 59.4 Å².